The van der Waals surface area contributed by atoms with Crippen LogP contribution in [0.4, 0.5) is 0 Å². The molecule has 0 aliphatic heterocycles. The zero-order valence-electron chi connectivity index (χ0n) is 15.0. The molecule has 0 unspecified atom stereocenters. The van der Waals surface area contributed by atoms with Gasteiger partial charge in [-0.25, -0.2) is 9.78 Å². The lowest BCUT2D eigenvalue weighted by Gasteiger charge is -2.23. The lowest BCUT2D eigenvalue weighted by atomic mass is 9.83. The number of aromatic nitrogens is 1. The van der Waals surface area contributed by atoms with E-state index in [4.69, 9.17) is 21.1 Å². The minimum Gasteiger partial charge on any atom is -0.496 e. The van der Waals surface area contributed by atoms with Gasteiger partial charge in [0.1, 0.15) is 5.75 Å². The molecule has 136 valence electrons. The molecule has 0 fully saturated rings. The van der Waals surface area contributed by atoms with Crippen LogP contribution >= 0.6 is 11.6 Å². The van der Waals surface area contributed by atoms with Gasteiger partial charge in [0.15, 0.2) is 5.69 Å². The summed E-state index contributed by atoms with van der Waals surface area (Å²) in [5.74, 6) is 0.393. The van der Waals surface area contributed by atoms with Gasteiger partial charge >= 0.3 is 5.97 Å². The number of carbonyl (C=O) groups excluding carboxylic acids is 1. The highest BCUT2D eigenvalue weighted by Crippen LogP contribution is 2.42. The molecule has 2 aromatic rings. The quantitative estimate of drug-likeness (QED) is 0.660. The topological polar surface area (TPSA) is 48.4 Å². The predicted molar refractivity (Wildman–Crippen MR) is 103 cm³/mol. The molecule has 1 heterocycles. The number of benzene rings is 1. The maximum absolute atomic E-state index is 12.4. The molecule has 3 rings (SSSR count). The van der Waals surface area contributed by atoms with E-state index in [2.05, 4.69) is 4.98 Å². The van der Waals surface area contributed by atoms with E-state index in [0.29, 0.717) is 17.3 Å². The van der Waals surface area contributed by atoms with Crippen molar-refractivity contribution in [3.05, 3.63) is 58.4 Å². The van der Waals surface area contributed by atoms with Gasteiger partial charge in [0.2, 0.25) is 0 Å². The van der Waals surface area contributed by atoms with E-state index in [0.717, 1.165) is 53.7 Å². The lowest BCUT2D eigenvalue weighted by molar-refractivity contribution is 0.0519. The number of allylic oxidation sites excluding steroid dienone is 2. The lowest BCUT2D eigenvalue weighted by Crippen LogP contribution is -2.12. The zero-order chi connectivity index (χ0) is 18.5. The third-order valence-electron chi connectivity index (χ3n) is 4.56. The van der Waals surface area contributed by atoms with E-state index in [9.17, 15) is 4.79 Å². The Morgan fingerprint density at radius 3 is 2.58 bits per heavy atom. The molecule has 1 aliphatic rings. The van der Waals surface area contributed by atoms with Crippen LogP contribution in [0, 0.1) is 0 Å². The molecule has 0 radical (unpaired) electrons. The number of nitrogens with zero attached hydrogens (tertiary/aromatic N) is 1. The van der Waals surface area contributed by atoms with E-state index in [1.165, 1.54) is 0 Å². The molecule has 0 saturated heterocycles. The van der Waals surface area contributed by atoms with E-state index in [1.54, 1.807) is 20.2 Å². The number of pyridine rings is 1. The number of rotatable bonds is 5. The number of esters is 1. The van der Waals surface area contributed by atoms with Crippen molar-refractivity contribution in [3.8, 4) is 5.75 Å². The largest absolute Gasteiger partial charge is 0.496 e. The van der Waals surface area contributed by atoms with Gasteiger partial charge in [-0.3, -0.25) is 0 Å². The molecule has 0 bridgehead atoms. The Morgan fingerprint density at radius 1 is 1.15 bits per heavy atom. The Bertz CT molecular complexity index is 845. The maximum Gasteiger partial charge on any atom is 0.357 e. The van der Waals surface area contributed by atoms with E-state index >= 15 is 0 Å². The van der Waals surface area contributed by atoms with Crippen molar-refractivity contribution >= 4 is 28.7 Å². The van der Waals surface area contributed by atoms with E-state index < -0.39 is 5.97 Å². The van der Waals surface area contributed by atoms with Crippen molar-refractivity contribution in [3.63, 3.8) is 0 Å². The molecule has 1 aliphatic carbocycles. The summed E-state index contributed by atoms with van der Waals surface area (Å²) in [6.07, 6.45) is 5.56. The van der Waals surface area contributed by atoms with Gasteiger partial charge in [0.05, 0.1) is 13.7 Å². The Morgan fingerprint density at radius 2 is 1.88 bits per heavy atom. The molecule has 0 N–H and O–H groups in total. The fraction of sp³-hybridized carbons (Fsp3) is 0.333. The summed E-state index contributed by atoms with van der Waals surface area (Å²) in [4.78, 5) is 16.7. The summed E-state index contributed by atoms with van der Waals surface area (Å²) in [6.45, 7) is 2.12. The molecule has 0 atom stereocenters. The van der Waals surface area contributed by atoms with Gasteiger partial charge in [-0.05, 0) is 68.0 Å². The first-order valence-electron chi connectivity index (χ1n) is 8.84. The Balaban J connectivity index is 2.19. The van der Waals surface area contributed by atoms with Gasteiger partial charge in [-0.15, -0.1) is 0 Å². The third-order valence-corrected chi connectivity index (χ3v) is 4.79. The minimum absolute atomic E-state index is 0.322. The Kier molecular flexibility index (Phi) is 5.94. The summed E-state index contributed by atoms with van der Waals surface area (Å²) in [6, 6.07) is 9.43. The van der Waals surface area contributed by atoms with Crippen LogP contribution in [0.15, 0.2) is 36.5 Å². The number of halogens is 1. The molecule has 4 nitrogen and oxygen atoms in total. The van der Waals surface area contributed by atoms with Crippen LogP contribution in [-0.2, 0) is 4.74 Å². The third kappa shape index (κ3) is 3.75. The number of carbonyl (C=O) groups is 1. The molecular formula is C21H22ClNO3. The molecule has 5 heteroatoms. The van der Waals surface area contributed by atoms with E-state index in [-0.39, 0.29) is 0 Å². The van der Waals surface area contributed by atoms with Gasteiger partial charge < -0.3 is 9.47 Å². The highest BCUT2D eigenvalue weighted by Gasteiger charge is 2.23. The first-order chi connectivity index (χ1) is 12.7. The average Bonchev–Trinajstić information content (AvgIpc) is 2.68. The second-order valence-corrected chi connectivity index (χ2v) is 6.57. The van der Waals surface area contributed by atoms with Crippen LogP contribution in [0.2, 0.25) is 5.02 Å². The highest BCUT2D eigenvalue weighted by molar-refractivity contribution is 6.30. The standard InChI is InChI=1S/C21H22ClNO3/c1-3-26-21(24)20-17(9-6-12-23-20)15-7-4-5-8-16(15)18-13-14(22)10-11-19(18)25-2/h6,9-13H,3-5,7-8H2,1-2H3. The van der Waals surface area contributed by atoms with Gasteiger partial charge in [0, 0.05) is 22.3 Å². The highest BCUT2D eigenvalue weighted by atomic mass is 35.5. The maximum atomic E-state index is 12.4. The Hall–Kier alpha value is -2.33. The van der Waals surface area contributed by atoms with Crippen molar-refractivity contribution in [1.29, 1.82) is 0 Å². The second-order valence-electron chi connectivity index (χ2n) is 6.13. The summed E-state index contributed by atoms with van der Waals surface area (Å²) in [5.41, 5.74) is 4.46. The van der Waals surface area contributed by atoms with Crippen molar-refractivity contribution in [2.24, 2.45) is 0 Å². The number of hydrogen-bond donors (Lipinski definition) is 0. The van der Waals surface area contributed by atoms with Crippen molar-refractivity contribution in [2.75, 3.05) is 13.7 Å². The first-order valence-corrected chi connectivity index (χ1v) is 9.22. The fourth-order valence-electron chi connectivity index (χ4n) is 3.43. The predicted octanol–water partition coefficient (Wildman–Crippen LogP) is 5.41. The normalized spacial score (nSPS) is 14.3. The summed E-state index contributed by atoms with van der Waals surface area (Å²) in [7, 11) is 1.66. The van der Waals surface area contributed by atoms with Crippen LogP contribution in [0.25, 0.3) is 11.1 Å². The number of hydrogen-bond acceptors (Lipinski definition) is 4. The SMILES string of the molecule is CCOC(=O)c1ncccc1C1=C(c2cc(Cl)ccc2OC)CCCC1. The van der Waals surface area contributed by atoms with Gasteiger partial charge in [0.25, 0.3) is 0 Å². The Labute approximate surface area is 158 Å². The molecule has 0 amide bonds. The van der Waals surface area contributed by atoms with Crippen LogP contribution in [0.1, 0.15) is 54.2 Å². The van der Waals surface area contributed by atoms with Gasteiger partial charge in [-0.1, -0.05) is 17.7 Å². The van der Waals surface area contributed by atoms with Crippen molar-refractivity contribution < 1.29 is 14.3 Å². The van der Waals surface area contributed by atoms with Gasteiger partial charge in [-0.2, -0.15) is 0 Å². The van der Waals surface area contributed by atoms with Crippen LogP contribution in [0.5, 0.6) is 5.75 Å². The van der Waals surface area contributed by atoms with Crippen LogP contribution in [-0.4, -0.2) is 24.7 Å². The first kappa shape index (κ1) is 18.5. The molecule has 0 saturated carbocycles. The molecule has 0 spiro atoms. The van der Waals surface area contributed by atoms with Crippen LogP contribution in [0.3, 0.4) is 0 Å². The monoisotopic (exact) mass is 371 g/mol. The average molecular weight is 372 g/mol. The minimum atomic E-state index is -0.390. The van der Waals surface area contributed by atoms with Crippen LogP contribution < -0.4 is 4.74 Å². The number of methoxy groups -OCH3 is 1. The molecular weight excluding hydrogens is 350 g/mol. The summed E-state index contributed by atoms with van der Waals surface area (Å²) < 4.78 is 10.7. The number of ether oxygens (including phenoxy) is 2. The van der Waals surface area contributed by atoms with Crippen molar-refractivity contribution in [2.45, 2.75) is 32.6 Å². The molecule has 1 aromatic carbocycles. The fourth-order valence-corrected chi connectivity index (χ4v) is 3.60. The van der Waals surface area contributed by atoms with E-state index in [1.807, 2.05) is 30.3 Å². The summed E-state index contributed by atoms with van der Waals surface area (Å²) in [5, 5.41) is 0.662. The van der Waals surface area contributed by atoms with Crippen molar-refractivity contribution in [1.82, 2.24) is 4.98 Å². The summed E-state index contributed by atoms with van der Waals surface area (Å²) >= 11 is 6.25. The molecule has 1 aromatic heterocycles. The second kappa shape index (κ2) is 8.37. The smallest absolute Gasteiger partial charge is 0.357 e. The zero-order valence-corrected chi connectivity index (χ0v) is 15.8. The molecule has 26 heavy (non-hydrogen) atoms.